The standard InChI is InChI=1S/C24H20N2O/c1-2-4-23-17(3-1)14-24(27-23)18-6-8-21-19(12-18)13-22(26-21)15-5-7-20-16(11-15)9-10-25-20/h1-12,22,24-26H,13-14H2. The number of nitrogens with one attached hydrogen (secondary N) is 2. The van der Waals surface area contributed by atoms with Crippen LogP contribution in [-0.2, 0) is 12.8 Å². The van der Waals surface area contributed by atoms with Crippen LogP contribution < -0.4 is 10.1 Å². The molecule has 3 aromatic carbocycles. The van der Waals surface area contributed by atoms with Crippen molar-refractivity contribution in [2.24, 2.45) is 0 Å². The first-order valence-corrected chi connectivity index (χ1v) is 9.54. The first-order chi connectivity index (χ1) is 13.3. The largest absolute Gasteiger partial charge is 0.485 e. The van der Waals surface area contributed by atoms with Crippen molar-refractivity contribution in [3.63, 3.8) is 0 Å². The Kier molecular flexibility index (Phi) is 3.12. The lowest BCUT2D eigenvalue weighted by Crippen LogP contribution is -2.05. The van der Waals surface area contributed by atoms with E-state index in [0.717, 1.165) is 18.6 Å². The van der Waals surface area contributed by atoms with Crippen LogP contribution in [-0.4, -0.2) is 4.98 Å². The SMILES string of the molecule is c1ccc2c(c1)CC(c1ccc3c(c1)CC(c1ccc4[nH]ccc4c1)N3)O2. The Morgan fingerprint density at radius 3 is 2.70 bits per heavy atom. The van der Waals surface area contributed by atoms with Crippen molar-refractivity contribution in [3.8, 4) is 5.75 Å². The highest BCUT2D eigenvalue weighted by Gasteiger charge is 2.27. The van der Waals surface area contributed by atoms with Gasteiger partial charge in [-0.3, -0.25) is 0 Å². The minimum absolute atomic E-state index is 0.128. The van der Waals surface area contributed by atoms with Gasteiger partial charge in [0.15, 0.2) is 0 Å². The highest BCUT2D eigenvalue weighted by atomic mass is 16.5. The third kappa shape index (κ3) is 2.42. The van der Waals surface area contributed by atoms with Crippen molar-refractivity contribution in [2.45, 2.75) is 25.0 Å². The number of hydrogen-bond acceptors (Lipinski definition) is 2. The molecule has 0 aliphatic carbocycles. The number of para-hydroxylation sites is 1. The van der Waals surface area contributed by atoms with E-state index in [2.05, 4.69) is 71.0 Å². The zero-order chi connectivity index (χ0) is 17.8. The van der Waals surface area contributed by atoms with E-state index >= 15 is 0 Å². The van der Waals surface area contributed by atoms with Crippen LogP contribution in [0.1, 0.15) is 34.4 Å². The van der Waals surface area contributed by atoms with Crippen LogP contribution in [0.5, 0.6) is 5.75 Å². The maximum absolute atomic E-state index is 6.18. The second-order valence-corrected chi connectivity index (χ2v) is 7.56. The number of anilines is 1. The summed E-state index contributed by atoms with van der Waals surface area (Å²) in [5, 5.41) is 4.96. The highest BCUT2D eigenvalue weighted by Crippen LogP contribution is 2.40. The van der Waals surface area contributed by atoms with Crippen LogP contribution >= 0.6 is 0 Å². The van der Waals surface area contributed by atoms with Crippen molar-refractivity contribution >= 4 is 16.6 Å². The van der Waals surface area contributed by atoms with E-state index < -0.39 is 0 Å². The fourth-order valence-electron chi connectivity index (χ4n) is 4.44. The van der Waals surface area contributed by atoms with E-state index in [1.54, 1.807) is 0 Å². The molecular weight excluding hydrogens is 332 g/mol. The average Bonchev–Trinajstić information content (AvgIpc) is 3.42. The van der Waals surface area contributed by atoms with Crippen molar-refractivity contribution in [1.29, 1.82) is 0 Å². The number of aromatic nitrogens is 1. The number of fused-ring (bicyclic) bond motifs is 3. The van der Waals surface area contributed by atoms with Gasteiger partial charge in [-0.25, -0.2) is 0 Å². The zero-order valence-corrected chi connectivity index (χ0v) is 14.9. The quantitative estimate of drug-likeness (QED) is 0.496. The molecule has 2 aliphatic rings. The molecular formula is C24H20N2O. The molecule has 3 heterocycles. The second kappa shape index (κ2) is 5.65. The molecule has 0 saturated heterocycles. The van der Waals surface area contributed by atoms with Gasteiger partial charge in [-0.2, -0.15) is 0 Å². The van der Waals surface area contributed by atoms with Gasteiger partial charge in [-0.1, -0.05) is 30.3 Å². The molecule has 27 heavy (non-hydrogen) atoms. The number of ether oxygens (including phenoxy) is 1. The first-order valence-electron chi connectivity index (χ1n) is 9.54. The van der Waals surface area contributed by atoms with Crippen molar-refractivity contribution in [2.75, 3.05) is 5.32 Å². The molecule has 0 bridgehead atoms. The lowest BCUT2D eigenvalue weighted by molar-refractivity contribution is 0.238. The monoisotopic (exact) mass is 352 g/mol. The number of rotatable bonds is 2. The van der Waals surface area contributed by atoms with Gasteiger partial charge in [-0.15, -0.1) is 0 Å². The molecule has 1 aromatic heterocycles. The van der Waals surface area contributed by atoms with Gasteiger partial charge in [-0.05, 0) is 70.5 Å². The number of hydrogen-bond donors (Lipinski definition) is 2. The highest BCUT2D eigenvalue weighted by molar-refractivity contribution is 5.80. The van der Waals surface area contributed by atoms with Crippen molar-refractivity contribution in [1.82, 2.24) is 4.98 Å². The number of H-pyrrole nitrogens is 1. The molecule has 132 valence electrons. The molecule has 2 N–H and O–H groups in total. The normalized spacial score (nSPS) is 20.1. The predicted octanol–water partition coefficient (Wildman–Crippen LogP) is 5.55. The molecule has 0 radical (unpaired) electrons. The molecule has 2 unspecified atom stereocenters. The molecule has 3 heteroatoms. The Balaban J connectivity index is 1.27. The van der Waals surface area contributed by atoms with E-state index in [-0.39, 0.29) is 6.10 Å². The summed E-state index contributed by atoms with van der Waals surface area (Å²) in [5.74, 6) is 1.03. The Bertz CT molecular complexity index is 1130. The van der Waals surface area contributed by atoms with Gasteiger partial charge in [0.2, 0.25) is 0 Å². The summed E-state index contributed by atoms with van der Waals surface area (Å²) >= 11 is 0. The van der Waals surface area contributed by atoms with Crippen molar-refractivity contribution < 1.29 is 4.74 Å². The Morgan fingerprint density at radius 1 is 0.815 bits per heavy atom. The van der Waals surface area contributed by atoms with E-state index in [1.807, 2.05) is 12.3 Å². The molecule has 2 aliphatic heterocycles. The zero-order valence-electron chi connectivity index (χ0n) is 14.9. The summed E-state index contributed by atoms with van der Waals surface area (Å²) in [4.78, 5) is 3.27. The van der Waals surface area contributed by atoms with Crippen LogP contribution in [0.15, 0.2) is 72.9 Å². The summed E-state index contributed by atoms with van der Waals surface area (Å²) in [6.45, 7) is 0. The van der Waals surface area contributed by atoms with E-state index in [9.17, 15) is 0 Å². The maximum Gasteiger partial charge on any atom is 0.128 e. The minimum atomic E-state index is 0.128. The molecule has 0 saturated carbocycles. The minimum Gasteiger partial charge on any atom is -0.485 e. The van der Waals surface area contributed by atoms with Crippen LogP contribution in [0, 0.1) is 0 Å². The smallest absolute Gasteiger partial charge is 0.128 e. The molecule has 2 atom stereocenters. The molecule has 3 nitrogen and oxygen atoms in total. The molecule has 0 amide bonds. The van der Waals surface area contributed by atoms with E-state index in [4.69, 9.17) is 4.74 Å². The molecule has 0 spiro atoms. The number of benzene rings is 3. The fourth-order valence-corrected chi connectivity index (χ4v) is 4.44. The Morgan fingerprint density at radius 2 is 1.74 bits per heavy atom. The molecule has 6 rings (SSSR count). The lowest BCUT2D eigenvalue weighted by Gasteiger charge is -2.12. The summed E-state index contributed by atoms with van der Waals surface area (Å²) < 4.78 is 6.18. The topological polar surface area (TPSA) is 37.0 Å². The summed E-state index contributed by atoms with van der Waals surface area (Å²) in [7, 11) is 0. The van der Waals surface area contributed by atoms with Gasteiger partial charge in [0.25, 0.3) is 0 Å². The average molecular weight is 352 g/mol. The lowest BCUT2D eigenvalue weighted by atomic mass is 9.98. The van der Waals surface area contributed by atoms with Gasteiger partial charge < -0.3 is 15.0 Å². The summed E-state index contributed by atoms with van der Waals surface area (Å²) in [6, 6.07) is 24.2. The molecule has 4 aromatic rings. The third-order valence-corrected chi connectivity index (χ3v) is 5.88. The maximum atomic E-state index is 6.18. The van der Waals surface area contributed by atoms with Gasteiger partial charge in [0.1, 0.15) is 11.9 Å². The second-order valence-electron chi connectivity index (χ2n) is 7.56. The fraction of sp³-hybridized carbons (Fsp3) is 0.167. The summed E-state index contributed by atoms with van der Waals surface area (Å²) in [6.07, 6.45) is 4.09. The van der Waals surface area contributed by atoms with Crippen molar-refractivity contribution in [3.05, 3.63) is 95.2 Å². The van der Waals surface area contributed by atoms with E-state index in [0.29, 0.717) is 6.04 Å². The van der Waals surface area contributed by atoms with Crippen LogP contribution in [0.3, 0.4) is 0 Å². The van der Waals surface area contributed by atoms with Gasteiger partial charge in [0, 0.05) is 23.8 Å². The van der Waals surface area contributed by atoms with Gasteiger partial charge >= 0.3 is 0 Å². The predicted molar refractivity (Wildman–Crippen MR) is 108 cm³/mol. The van der Waals surface area contributed by atoms with Crippen LogP contribution in [0.2, 0.25) is 0 Å². The third-order valence-electron chi connectivity index (χ3n) is 5.88. The van der Waals surface area contributed by atoms with Crippen LogP contribution in [0.25, 0.3) is 10.9 Å². The first kappa shape index (κ1) is 14.9. The Hall–Kier alpha value is -3.20. The van der Waals surface area contributed by atoms with Gasteiger partial charge in [0.05, 0.1) is 6.04 Å². The number of aromatic amines is 1. The van der Waals surface area contributed by atoms with E-state index in [1.165, 1.54) is 38.8 Å². The summed E-state index contributed by atoms with van der Waals surface area (Å²) in [5.41, 5.74) is 7.73. The van der Waals surface area contributed by atoms with Crippen LogP contribution in [0.4, 0.5) is 5.69 Å². The Labute approximate surface area is 158 Å². The molecule has 0 fully saturated rings.